The SMILES string of the molecule is Cc1c(C(=O)NCC2(CO)COC2)cc(-c2cc(C(C)(C)C)c3c(c2)C2(CCO3)CC2)n1CC1CCCCC1. The molecule has 39 heavy (non-hydrogen) atoms. The third kappa shape index (κ3) is 4.93. The number of carbonyl (C=O) groups is 1. The maximum absolute atomic E-state index is 13.6. The maximum atomic E-state index is 13.6. The second-order valence-corrected chi connectivity index (χ2v) is 14.0. The van der Waals surface area contributed by atoms with E-state index in [1.54, 1.807) is 0 Å². The first kappa shape index (κ1) is 26.9. The zero-order valence-electron chi connectivity index (χ0n) is 24.3. The molecule has 2 aliphatic carbocycles. The van der Waals surface area contributed by atoms with Crippen molar-refractivity contribution < 1.29 is 19.4 Å². The van der Waals surface area contributed by atoms with Gasteiger partial charge in [0.25, 0.3) is 5.91 Å². The van der Waals surface area contributed by atoms with Crippen LogP contribution in [0.2, 0.25) is 0 Å². The van der Waals surface area contributed by atoms with Crippen molar-refractivity contribution in [2.45, 2.75) is 96.4 Å². The van der Waals surface area contributed by atoms with E-state index in [0.717, 1.165) is 42.3 Å². The van der Waals surface area contributed by atoms with Crippen LogP contribution in [-0.4, -0.2) is 48.6 Å². The summed E-state index contributed by atoms with van der Waals surface area (Å²) in [7, 11) is 0. The van der Waals surface area contributed by atoms with Crippen molar-refractivity contribution in [1.29, 1.82) is 0 Å². The van der Waals surface area contributed by atoms with Gasteiger partial charge in [0, 0.05) is 41.0 Å². The van der Waals surface area contributed by atoms with Crippen LogP contribution in [0.1, 0.15) is 99.3 Å². The fraction of sp³-hybridized carbons (Fsp3) is 0.667. The minimum absolute atomic E-state index is 0.0226. The van der Waals surface area contributed by atoms with Crippen LogP contribution in [0.3, 0.4) is 0 Å². The molecule has 1 saturated heterocycles. The van der Waals surface area contributed by atoms with Crippen molar-refractivity contribution >= 4 is 5.91 Å². The van der Waals surface area contributed by atoms with Crippen LogP contribution in [0.15, 0.2) is 18.2 Å². The molecule has 1 aromatic heterocycles. The van der Waals surface area contributed by atoms with Gasteiger partial charge in [0.1, 0.15) is 5.75 Å². The van der Waals surface area contributed by atoms with Crippen LogP contribution >= 0.6 is 0 Å². The van der Waals surface area contributed by atoms with E-state index >= 15 is 0 Å². The van der Waals surface area contributed by atoms with Gasteiger partial charge in [-0.1, -0.05) is 40.0 Å². The Balaban J connectivity index is 1.42. The van der Waals surface area contributed by atoms with E-state index < -0.39 is 0 Å². The molecule has 2 aromatic rings. The molecule has 6 heteroatoms. The van der Waals surface area contributed by atoms with Gasteiger partial charge >= 0.3 is 0 Å². The molecule has 3 fully saturated rings. The molecule has 0 atom stereocenters. The lowest BCUT2D eigenvalue weighted by atomic mass is 9.79. The Labute approximate surface area is 233 Å². The molecule has 2 aliphatic heterocycles. The zero-order valence-corrected chi connectivity index (χ0v) is 24.3. The summed E-state index contributed by atoms with van der Waals surface area (Å²) in [5.74, 6) is 1.68. The Bertz CT molecular complexity index is 1220. The number of aromatic nitrogens is 1. The lowest BCUT2D eigenvalue weighted by Crippen LogP contribution is -2.53. The molecule has 4 aliphatic rings. The minimum Gasteiger partial charge on any atom is -0.493 e. The number of hydrogen-bond donors (Lipinski definition) is 2. The highest BCUT2D eigenvalue weighted by Gasteiger charge is 2.49. The Morgan fingerprint density at radius 3 is 2.46 bits per heavy atom. The number of nitrogens with one attached hydrogen (secondary N) is 1. The summed E-state index contributed by atoms with van der Waals surface area (Å²) in [5, 5.41) is 13.0. The number of nitrogens with zero attached hydrogens (tertiary/aromatic N) is 1. The monoisotopic (exact) mass is 534 g/mol. The Morgan fingerprint density at radius 2 is 1.85 bits per heavy atom. The van der Waals surface area contributed by atoms with Gasteiger partial charge in [-0.2, -0.15) is 0 Å². The molecule has 1 amide bonds. The van der Waals surface area contributed by atoms with E-state index in [2.05, 4.69) is 55.8 Å². The molecule has 0 unspecified atom stereocenters. The van der Waals surface area contributed by atoms with Gasteiger partial charge in [0.05, 0.1) is 37.4 Å². The van der Waals surface area contributed by atoms with Crippen LogP contribution in [0.4, 0.5) is 0 Å². The quantitative estimate of drug-likeness (QED) is 0.464. The number of ether oxygens (including phenoxy) is 2. The number of aliphatic hydroxyl groups excluding tert-OH is 1. The molecule has 1 aromatic carbocycles. The largest absolute Gasteiger partial charge is 0.493 e. The highest BCUT2D eigenvalue weighted by atomic mass is 16.5. The van der Waals surface area contributed by atoms with Crippen LogP contribution < -0.4 is 10.1 Å². The van der Waals surface area contributed by atoms with Gasteiger partial charge in [-0.25, -0.2) is 0 Å². The zero-order chi connectivity index (χ0) is 27.4. The first-order valence-electron chi connectivity index (χ1n) is 15.1. The summed E-state index contributed by atoms with van der Waals surface area (Å²) in [6, 6.07) is 6.84. The Morgan fingerprint density at radius 1 is 1.10 bits per heavy atom. The van der Waals surface area contributed by atoms with E-state index in [1.165, 1.54) is 61.6 Å². The van der Waals surface area contributed by atoms with E-state index in [9.17, 15) is 9.90 Å². The predicted octanol–water partition coefficient (Wildman–Crippen LogP) is 5.89. The standard InChI is InChI=1S/C33H46N2O4/c1-22-25(30(37)34-18-32(19-36)20-38-21-32)16-28(35(22)17-23-8-6-5-7-9-23)24-14-26(31(2,3)4)29-27(15-24)33(10-11-33)12-13-39-29/h14-16,23,36H,5-13,17-21H2,1-4H3,(H,34,37). The average Bonchev–Trinajstić information content (AvgIpc) is 3.59. The number of benzene rings is 1. The molecule has 2 N–H and O–H groups in total. The van der Waals surface area contributed by atoms with Crippen LogP contribution in [0.5, 0.6) is 5.75 Å². The van der Waals surface area contributed by atoms with Crippen LogP contribution in [0.25, 0.3) is 11.3 Å². The Kier molecular flexibility index (Phi) is 6.86. The van der Waals surface area contributed by atoms with Gasteiger partial charge < -0.3 is 24.5 Å². The summed E-state index contributed by atoms with van der Waals surface area (Å²) >= 11 is 0. The lowest BCUT2D eigenvalue weighted by Gasteiger charge is -2.39. The van der Waals surface area contributed by atoms with E-state index in [0.29, 0.717) is 25.7 Å². The van der Waals surface area contributed by atoms with Crippen molar-refractivity contribution in [2.24, 2.45) is 11.3 Å². The minimum atomic E-state index is -0.351. The van der Waals surface area contributed by atoms with Gasteiger partial charge in [0.2, 0.25) is 0 Å². The summed E-state index contributed by atoms with van der Waals surface area (Å²) in [4.78, 5) is 13.6. The third-order valence-electron chi connectivity index (χ3n) is 10.00. The molecular weight excluding hydrogens is 488 g/mol. The number of carbonyl (C=O) groups excluding carboxylic acids is 1. The summed E-state index contributed by atoms with van der Waals surface area (Å²) < 4.78 is 14.1. The van der Waals surface area contributed by atoms with E-state index in [-0.39, 0.29) is 28.8 Å². The first-order valence-corrected chi connectivity index (χ1v) is 15.1. The molecule has 2 saturated carbocycles. The van der Waals surface area contributed by atoms with Crippen molar-refractivity contribution in [2.75, 3.05) is 33.0 Å². The number of amides is 1. The second kappa shape index (κ2) is 9.95. The third-order valence-corrected chi connectivity index (χ3v) is 10.00. The molecule has 3 heterocycles. The Hall–Kier alpha value is -2.31. The van der Waals surface area contributed by atoms with Crippen molar-refractivity contribution in [1.82, 2.24) is 9.88 Å². The fourth-order valence-electron chi connectivity index (χ4n) is 7.02. The second-order valence-electron chi connectivity index (χ2n) is 14.0. The van der Waals surface area contributed by atoms with Crippen LogP contribution in [0, 0.1) is 18.3 Å². The molecule has 6 rings (SSSR count). The maximum Gasteiger partial charge on any atom is 0.253 e. The van der Waals surface area contributed by atoms with Crippen molar-refractivity contribution in [3.63, 3.8) is 0 Å². The molecule has 212 valence electrons. The van der Waals surface area contributed by atoms with Gasteiger partial charge in [0.15, 0.2) is 0 Å². The van der Waals surface area contributed by atoms with Crippen molar-refractivity contribution in [3.05, 3.63) is 40.6 Å². The van der Waals surface area contributed by atoms with E-state index in [4.69, 9.17) is 9.47 Å². The summed E-state index contributed by atoms with van der Waals surface area (Å²) in [6.45, 7) is 12.1. The van der Waals surface area contributed by atoms with Crippen molar-refractivity contribution in [3.8, 4) is 17.0 Å². The lowest BCUT2D eigenvalue weighted by molar-refractivity contribution is -0.133. The molecule has 0 bridgehead atoms. The number of rotatable bonds is 7. The molecule has 1 spiro atoms. The molecule has 6 nitrogen and oxygen atoms in total. The smallest absolute Gasteiger partial charge is 0.253 e. The normalized spacial score (nSPS) is 21.7. The van der Waals surface area contributed by atoms with E-state index in [1.807, 2.05) is 0 Å². The van der Waals surface area contributed by atoms with Gasteiger partial charge in [-0.15, -0.1) is 0 Å². The number of hydrogen-bond acceptors (Lipinski definition) is 4. The van der Waals surface area contributed by atoms with Crippen LogP contribution in [-0.2, 0) is 22.1 Å². The molecule has 0 radical (unpaired) electrons. The highest BCUT2D eigenvalue weighted by molar-refractivity contribution is 5.97. The number of aliphatic hydroxyl groups is 1. The topological polar surface area (TPSA) is 72.7 Å². The predicted molar refractivity (Wildman–Crippen MR) is 154 cm³/mol. The highest BCUT2D eigenvalue weighted by Crippen LogP contribution is 2.58. The summed E-state index contributed by atoms with van der Waals surface area (Å²) in [5.41, 5.74) is 6.62. The number of fused-ring (bicyclic) bond motifs is 2. The van der Waals surface area contributed by atoms with Gasteiger partial charge in [-0.3, -0.25) is 4.79 Å². The fourth-order valence-corrected chi connectivity index (χ4v) is 7.02. The van der Waals surface area contributed by atoms with Gasteiger partial charge in [-0.05, 0) is 74.1 Å². The summed E-state index contributed by atoms with van der Waals surface area (Å²) in [6.07, 6.45) is 10.0. The first-order chi connectivity index (χ1) is 18.6. The molecular formula is C33H46N2O4. The average molecular weight is 535 g/mol.